The second kappa shape index (κ2) is 15.9. The number of aliphatic hydroxyl groups is 1. The van der Waals surface area contributed by atoms with Crippen molar-refractivity contribution in [3.8, 4) is 0 Å². The van der Waals surface area contributed by atoms with E-state index in [4.69, 9.17) is 4.74 Å². The Hall–Kier alpha value is -2.47. The maximum atomic E-state index is 12.8. The molecule has 7 nitrogen and oxygen atoms in total. The maximum absolute atomic E-state index is 12.8. The van der Waals surface area contributed by atoms with Gasteiger partial charge >= 0.3 is 42.6 Å². The summed E-state index contributed by atoms with van der Waals surface area (Å²) < 4.78 is 162. The second-order valence-electron chi connectivity index (χ2n) is 11.7. The van der Waals surface area contributed by atoms with Crippen LogP contribution < -0.4 is 0 Å². The van der Waals surface area contributed by atoms with Crippen LogP contribution in [0.3, 0.4) is 0 Å². The van der Waals surface area contributed by atoms with Crippen LogP contribution in [0.5, 0.6) is 0 Å². The fourth-order valence-corrected chi connectivity index (χ4v) is 2.82. The van der Waals surface area contributed by atoms with E-state index in [2.05, 4.69) is 9.47 Å². The van der Waals surface area contributed by atoms with Gasteiger partial charge in [0.05, 0.1) is 10.8 Å². The molecular weight excluding hydrogens is 652 g/mol. The van der Waals surface area contributed by atoms with Crippen molar-refractivity contribution in [2.75, 3.05) is 6.61 Å². The molecule has 45 heavy (non-hydrogen) atoms. The zero-order valence-corrected chi connectivity index (χ0v) is 25.7. The number of esters is 3. The summed E-state index contributed by atoms with van der Waals surface area (Å²) in [4.78, 5) is 34.4. The minimum atomic E-state index is -5.94. The van der Waals surface area contributed by atoms with E-state index in [1.165, 1.54) is 27.7 Å². The van der Waals surface area contributed by atoms with E-state index in [1.807, 2.05) is 0 Å². The largest absolute Gasteiger partial charge is 0.462 e. The Labute approximate surface area is 251 Å². The standard InChI is InChI=1S/C15H24F6O3.C11H14F6O4/c1-6-12(4,5)11(22)24-10(7-9(2)3)8-13(23,14(16,17)18)15(19,20)21;1-4-9(2,3)8(19)20-5-6(18)21-7(10(12,13)14)11(15,16)17/h9-10,23H,6-8H2,1-5H3;7H,4-5H2,1-3H3. The summed E-state index contributed by atoms with van der Waals surface area (Å²) in [6.07, 6.45) is -30.9. The van der Waals surface area contributed by atoms with Crippen LogP contribution in [0.1, 0.15) is 81.1 Å². The lowest BCUT2D eigenvalue weighted by atomic mass is 9.88. The Kier molecular flexibility index (Phi) is 15.8. The van der Waals surface area contributed by atoms with Crippen LogP contribution in [0.2, 0.25) is 0 Å². The first kappa shape index (κ1) is 44.7. The zero-order chi connectivity index (χ0) is 36.6. The number of carbonyl (C=O) groups is 3. The van der Waals surface area contributed by atoms with Crippen molar-refractivity contribution in [2.45, 2.75) is 124 Å². The lowest BCUT2D eigenvalue weighted by molar-refractivity contribution is -0.374. The van der Waals surface area contributed by atoms with Gasteiger partial charge in [0.15, 0.2) is 6.61 Å². The van der Waals surface area contributed by atoms with Crippen LogP contribution in [-0.2, 0) is 28.6 Å². The van der Waals surface area contributed by atoms with Crippen LogP contribution in [0.15, 0.2) is 0 Å². The normalized spacial score (nSPS) is 14.5. The topological polar surface area (TPSA) is 99.1 Å². The Morgan fingerprint density at radius 2 is 1.04 bits per heavy atom. The molecule has 0 aromatic heterocycles. The highest BCUT2D eigenvalue weighted by Gasteiger charge is 2.71. The van der Waals surface area contributed by atoms with Gasteiger partial charge in [0.1, 0.15) is 6.10 Å². The molecule has 0 radical (unpaired) electrons. The van der Waals surface area contributed by atoms with Gasteiger partial charge in [0.2, 0.25) is 0 Å². The number of hydrogen-bond donors (Lipinski definition) is 1. The Morgan fingerprint density at radius 3 is 1.36 bits per heavy atom. The Bertz CT molecular complexity index is 937. The molecule has 0 bridgehead atoms. The molecule has 1 unspecified atom stereocenters. The minimum absolute atomic E-state index is 0.236. The van der Waals surface area contributed by atoms with Gasteiger partial charge in [-0.3, -0.25) is 9.59 Å². The zero-order valence-electron chi connectivity index (χ0n) is 25.7. The fraction of sp³-hybridized carbons (Fsp3) is 0.885. The monoisotopic (exact) mass is 690 g/mol. The van der Waals surface area contributed by atoms with Gasteiger partial charge in [-0.05, 0) is 52.9 Å². The highest BCUT2D eigenvalue weighted by atomic mass is 19.4. The first-order chi connectivity index (χ1) is 19.7. The molecule has 268 valence electrons. The van der Waals surface area contributed by atoms with E-state index < -0.39 is 84.3 Å². The lowest BCUT2D eigenvalue weighted by Crippen LogP contribution is -2.58. The summed E-state index contributed by atoms with van der Waals surface area (Å²) in [5.41, 5.74) is -7.01. The quantitative estimate of drug-likeness (QED) is 0.128. The van der Waals surface area contributed by atoms with Gasteiger partial charge in [-0.1, -0.05) is 27.7 Å². The van der Waals surface area contributed by atoms with Gasteiger partial charge in [-0.15, -0.1) is 0 Å². The molecule has 0 aromatic rings. The molecule has 0 spiro atoms. The molecule has 0 aliphatic carbocycles. The van der Waals surface area contributed by atoms with E-state index in [9.17, 15) is 72.2 Å². The first-order valence-electron chi connectivity index (χ1n) is 13.3. The molecule has 0 aliphatic heterocycles. The SMILES string of the molecule is CCC(C)(C)C(=O)OC(CC(C)C)CC(O)(C(F)(F)F)C(F)(F)F.CCC(C)(C)C(=O)OCC(=O)OC(C(F)(F)F)C(F)(F)F. The summed E-state index contributed by atoms with van der Waals surface area (Å²) >= 11 is 0. The van der Waals surface area contributed by atoms with Crippen molar-refractivity contribution < 1.29 is 86.4 Å². The molecule has 0 fully saturated rings. The fourth-order valence-electron chi connectivity index (χ4n) is 2.82. The van der Waals surface area contributed by atoms with Crippen molar-refractivity contribution >= 4 is 17.9 Å². The molecule has 0 saturated heterocycles. The first-order valence-corrected chi connectivity index (χ1v) is 13.3. The van der Waals surface area contributed by atoms with Crippen molar-refractivity contribution in [2.24, 2.45) is 16.7 Å². The number of rotatable bonds is 12. The van der Waals surface area contributed by atoms with E-state index in [-0.39, 0.29) is 12.3 Å². The van der Waals surface area contributed by atoms with Crippen LogP contribution in [0.4, 0.5) is 52.7 Å². The summed E-state index contributed by atoms with van der Waals surface area (Å²) in [5.74, 6) is -4.10. The smallest absolute Gasteiger partial charge is 0.434 e. The second-order valence-corrected chi connectivity index (χ2v) is 11.7. The number of hydrogen-bond acceptors (Lipinski definition) is 7. The molecule has 0 saturated carbocycles. The third kappa shape index (κ3) is 14.2. The van der Waals surface area contributed by atoms with E-state index in [0.29, 0.717) is 12.8 Å². The van der Waals surface area contributed by atoms with Crippen molar-refractivity contribution in [1.29, 1.82) is 0 Å². The summed E-state index contributed by atoms with van der Waals surface area (Å²) in [6, 6.07) is 0. The van der Waals surface area contributed by atoms with E-state index in [1.54, 1.807) is 27.7 Å². The molecule has 0 heterocycles. The average Bonchev–Trinajstić information content (AvgIpc) is 2.82. The Morgan fingerprint density at radius 1 is 0.667 bits per heavy atom. The number of ether oxygens (including phenoxy) is 3. The van der Waals surface area contributed by atoms with Crippen LogP contribution >= 0.6 is 0 Å². The predicted octanol–water partition coefficient (Wildman–Crippen LogP) is 7.63. The van der Waals surface area contributed by atoms with E-state index in [0.717, 1.165) is 0 Å². The summed E-state index contributed by atoms with van der Waals surface area (Å²) in [7, 11) is 0. The summed E-state index contributed by atoms with van der Waals surface area (Å²) in [5, 5.41) is 9.30. The molecular formula is C26H38F12O7. The number of halogens is 12. The molecule has 0 amide bonds. The summed E-state index contributed by atoms with van der Waals surface area (Å²) in [6.45, 7) is 10.9. The van der Waals surface area contributed by atoms with Gasteiger partial charge in [0, 0.05) is 6.42 Å². The third-order valence-corrected chi connectivity index (χ3v) is 6.51. The lowest BCUT2D eigenvalue weighted by Gasteiger charge is -2.36. The van der Waals surface area contributed by atoms with Gasteiger partial charge in [0.25, 0.3) is 11.7 Å². The molecule has 0 aromatic carbocycles. The van der Waals surface area contributed by atoms with Crippen molar-refractivity contribution in [3.05, 3.63) is 0 Å². The average molecular weight is 691 g/mol. The molecule has 19 heteroatoms. The highest BCUT2D eigenvalue weighted by molar-refractivity contribution is 5.79. The highest BCUT2D eigenvalue weighted by Crippen LogP contribution is 2.47. The van der Waals surface area contributed by atoms with Crippen molar-refractivity contribution in [1.82, 2.24) is 0 Å². The third-order valence-electron chi connectivity index (χ3n) is 6.51. The van der Waals surface area contributed by atoms with Crippen LogP contribution in [0.25, 0.3) is 0 Å². The van der Waals surface area contributed by atoms with Gasteiger partial charge < -0.3 is 19.3 Å². The number of carbonyl (C=O) groups excluding carboxylic acids is 3. The minimum Gasteiger partial charge on any atom is -0.462 e. The molecule has 0 aliphatic rings. The van der Waals surface area contributed by atoms with Crippen LogP contribution in [-0.4, -0.2) is 72.1 Å². The number of alkyl halides is 12. The molecule has 1 N–H and O–H groups in total. The van der Waals surface area contributed by atoms with Crippen molar-refractivity contribution in [3.63, 3.8) is 0 Å². The molecule has 0 rings (SSSR count). The predicted molar refractivity (Wildman–Crippen MR) is 132 cm³/mol. The maximum Gasteiger partial charge on any atom is 0.434 e. The van der Waals surface area contributed by atoms with Gasteiger partial charge in [-0.2, -0.15) is 52.7 Å². The molecule has 1 atom stereocenters. The van der Waals surface area contributed by atoms with Gasteiger partial charge in [-0.25, -0.2) is 4.79 Å². The van der Waals surface area contributed by atoms with Crippen LogP contribution in [0, 0.1) is 16.7 Å². The Balaban J connectivity index is 0. The van der Waals surface area contributed by atoms with E-state index >= 15 is 0 Å².